The fourth-order valence-electron chi connectivity index (χ4n) is 2.11. The molecule has 1 amide bonds. The zero-order valence-corrected chi connectivity index (χ0v) is 14.2. The largest absolute Gasteiger partial charge is 0.480 e. The van der Waals surface area contributed by atoms with Gasteiger partial charge in [0.15, 0.2) is 0 Å². The minimum Gasteiger partial charge on any atom is -0.480 e. The molecule has 0 bridgehead atoms. The lowest BCUT2D eigenvalue weighted by atomic mass is 10.1. The van der Waals surface area contributed by atoms with Crippen LogP contribution in [0.15, 0.2) is 0 Å². The van der Waals surface area contributed by atoms with Crippen LogP contribution < -0.4 is 16.8 Å². The molecule has 2 atom stereocenters. The number of nitrogens with zero attached hydrogens (tertiary/aromatic N) is 1. The molecule has 0 aromatic heterocycles. The van der Waals surface area contributed by atoms with E-state index >= 15 is 0 Å². The number of hydrogen-bond donors (Lipinski definition) is 4. The fraction of sp³-hybridized carbons (Fsp3) is 0.867. The van der Waals surface area contributed by atoms with Gasteiger partial charge in [0.05, 0.1) is 33.7 Å². The number of quaternary nitrogens is 1. The lowest BCUT2D eigenvalue weighted by molar-refractivity contribution is -0.870. The van der Waals surface area contributed by atoms with Crippen LogP contribution >= 0.6 is 0 Å². The molecule has 0 spiro atoms. The van der Waals surface area contributed by atoms with E-state index in [1.807, 2.05) is 0 Å². The van der Waals surface area contributed by atoms with Crippen LogP contribution in [0, 0.1) is 0 Å². The SMILES string of the molecule is C[N+](C)(C)CCCCC(N)C(=O)NC(CCCCN)C(=O)O. The molecule has 0 aromatic carbocycles. The molecule has 7 nitrogen and oxygen atoms in total. The Balaban J connectivity index is 4.11. The first-order valence-electron chi connectivity index (χ1n) is 7.96. The summed E-state index contributed by atoms with van der Waals surface area (Å²) < 4.78 is 0.879. The Labute approximate surface area is 133 Å². The predicted molar refractivity (Wildman–Crippen MR) is 87.2 cm³/mol. The van der Waals surface area contributed by atoms with Gasteiger partial charge >= 0.3 is 5.97 Å². The van der Waals surface area contributed by atoms with Crippen LogP contribution in [0.25, 0.3) is 0 Å². The van der Waals surface area contributed by atoms with Gasteiger partial charge in [0, 0.05) is 0 Å². The number of carboxylic acid groups (broad SMARTS) is 1. The summed E-state index contributed by atoms with van der Waals surface area (Å²) in [4.78, 5) is 23.1. The van der Waals surface area contributed by atoms with E-state index in [0.717, 1.165) is 30.3 Å². The monoisotopic (exact) mass is 317 g/mol. The predicted octanol–water partition coefficient (Wildman–Crippen LogP) is -0.111. The number of rotatable bonds is 12. The van der Waals surface area contributed by atoms with Crippen molar-refractivity contribution in [3.8, 4) is 0 Å². The van der Waals surface area contributed by atoms with E-state index in [2.05, 4.69) is 26.5 Å². The molecule has 6 N–H and O–H groups in total. The average Bonchev–Trinajstić information content (AvgIpc) is 2.41. The van der Waals surface area contributed by atoms with Crippen LogP contribution in [0.1, 0.15) is 38.5 Å². The molecule has 0 rings (SSSR count). The summed E-state index contributed by atoms with van der Waals surface area (Å²) in [5.41, 5.74) is 11.2. The quantitative estimate of drug-likeness (QED) is 0.296. The van der Waals surface area contributed by atoms with Crippen molar-refractivity contribution in [2.45, 2.75) is 50.6 Å². The molecule has 0 saturated carbocycles. The van der Waals surface area contributed by atoms with Crippen molar-refractivity contribution < 1.29 is 19.2 Å². The summed E-state index contributed by atoms with van der Waals surface area (Å²) in [6, 6.07) is -1.53. The number of carbonyl (C=O) groups excluding carboxylic acids is 1. The van der Waals surface area contributed by atoms with Crippen molar-refractivity contribution in [2.75, 3.05) is 34.2 Å². The topological polar surface area (TPSA) is 118 Å². The first kappa shape index (κ1) is 20.8. The fourth-order valence-corrected chi connectivity index (χ4v) is 2.11. The molecule has 0 saturated heterocycles. The smallest absolute Gasteiger partial charge is 0.326 e. The molecule has 0 aliphatic rings. The highest BCUT2D eigenvalue weighted by molar-refractivity contribution is 5.86. The van der Waals surface area contributed by atoms with E-state index in [-0.39, 0.29) is 5.91 Å². The number of nitrogens with two attached hydrogens (primary N) is 2. The summed E-state index contributed by atoms with van der Waals surface area (Å²) >= 11 is 0. The van der Waals surface area contributed by atoms with Crippen LogP contribution in [-0.2, 0) is 9.59 Å². The molecule has 0 heterocycles. The first-order chi connectivity index (χ1) is 10.2. The molecule has 0 aromatic rings. The maximum atomic E-state index is 12.0. The molecule has 0 aliphatic carbocycles. The minimum absolute atomic E-state index is 0.381. The summed E-state index contributed by atoms with van der Waals surface area (Å²) in [5, 5.41) is 11.6. The van der Waals surface area contributed by atoms with Gasteiger partial charge in [-0.1, -0.05) is 0 Å². The number of amides is 1. The van der Waals surface area contributed by atoms with E-state index in [4.69, 9.17) is 16.6 Å². The standard InChI is InChI=1S/C15H32N4O3/c1-19(2,3)11-7-5-8-12(17)14(20)18-13(15(21)22)9-4-6-10-16/h12-13H,4-11,16-17H2,1-3H3,(H-,18,20,21,22)/p+1. The highest BCUT2D eigenvalue weighted by atomic mass is 16.4. The average molecular weight is 317 g/mol. The Morgan fingerprint density at radius 1 is 1.09 bits per heavy atom. The number of aliphatic carboxylic acids is 1. The minimum atomic E-state index is -1.03. The van der Waals surface area contributed by atoms with E-state index in [1.54, 1.807) is 0 Å². The van der Waals surface area contributed by atoms with E-state index in [0.29, 0.717) is 25.8 Å². The second kappa shape index (κ2) is 10.5. The molecule has 0 fully saturated rings. The van der Waals surface area contributed by atoms with Crippen molar-refractivity contribution >= 4 is 11.9 Å². The van der Waals surface area contributed by atoms with Crippen LogP contribution in [0.4, 0.5) is 0 Å². The molecule has 0 aliphatic heterocycles. The maximum Gasteiger partial charge on any atom is 0.326 e. The third-order valence-corrected chi connectivity index (χ3v) is 3.49. The van der Waals surface area contributed by atoms with Crippen molar-refractivity contribution in [3.05, 3.63) is 0 Å². The van der Waals surface area contributed by atoms with Crippen molar-refractivity contribution in [1.82, 2.24) is 5.32 Å². The zero-order chi connectivity index (χ0) is 17.2. The van der Waals surface area contributed by atoms with Crippen LogP contribution in [-0.4, -0.2) is 67.8 Å². The van der Waals surface area contributed by atoms with Gasteiger partial charge in [-0.25, -0.2) is 4.79 Å². The van der Waals surface area contributed by atoms with E-state index in [9.17, 15) is 9.59 Å². The van der Waals surface area contributed by atoms with Gasteiger partial charge in [-0.05, 0) is 45.1 Å². The Morgan fingerprint density at radius 2 is 1.68 bits per heavy atom. The molecule has 22 heavy (non-hydrogen) atoms. The first-order valence-corrected chi connectivity index (χ1v) is 7.96. The van der Waals surface area contributed by atoms with Crippen LogP contribution in [0.5, 0.6) is 0 Å². The number of carbonyl (C=O) groups is 2. The van der Waals surface area contributed by atoms with E-state index in [1.165, 1.54) is 0 Å². The molecule has 2 unspecified atom stereocenters. The number of carboxylic acids is 1. The highest BCUT2D eigenvalue weighted by Gasteiger charge is 2.22. The molecule has 0 radical (unpaired) electrons. The third-order valence-electron chi connectivity index (χ3n) is 3.49. The number of unbranched alkanes of at least 4 members (excludes halogenated alkanes) is 2. The lowest BCUT2D eigenvalue weighted by Crippen LogP contribution is -2.48. The van der Waals surface area contributed by atoms with Gasteiger partial charge in [-0.2, -0.15) is 0 Å². The maximum absolute atomic E-state index is 12.0. The molecule has 130 valence electrons. The Kier molecular flexibility index (Phi) is 9.97. The van der Waals surface area contributed by atoms with Crippen molar-refractivity contribution in [1.29, 1.82) is 0 Å². The van der Waals surface area contributed by atoms with Crippen LogP contribution in [0.3, 0.4) is 0 Å². The Hall–Kier alpha value is -1.18. The van der Waals surface area contributed by atoms with Gasteiger partial charge in [0.2, 0.25) is 5.91 Å². The van der Waals surface area contributed by atoms with Gasteiger partial charge in [0.25, 0.3) is 0 Å². The normalized spacial score (nSPS) is 14.4. The molecule has 7 heteroatoms. The van der Waals surface area contributed by atoms with Gasteiger partial charge in [0.1, 0.15) is 6.04 Å². The number of nitrogens with one attached hydrogen (secondary N) is 1. The zero-order valence-electron chi connectivity index (χ0n) is 14.2. The van der Waals surface area contributed by atoms with Crippen molar-refractivity contribution in [3.63, 3.8) is 0 Å². The summed E-state index contributed by atoms with van der Waals surface area (Å²) in [6.07, 6.45) is 4.22. The Morgan fingerprint density at radius 3 is 2.18 bits per heavy atom. The highest BCUT2D eigenvalue weighted by Crippen LogP contribution is 2.05. The van der Waals surface area contributed by atoms with Gasteiger partial charge in [-0.3, -0.25) is 4.79 Å². The third kappa shape index (κ3) is 10.5. The Bertz CT molecular complexity index is 342. The second-order valence-corrected chi connectivity index (χ2v) is 6.80. The van der Waals surface area contributed by atoms with Gasteiger partial charge in [-0.15, -0.1) is 0 Å². The van der Waals surface area contributed by atoms with Crippen LogP contribution in [0.2, 0.25) is 0 Å². The summed E-state index contributed by atoms with van der Waals surface area (Å²) in [5.74, 6) is -1.41. The van der Waals surface area contributed by atoms with E-state index < -0.39 is 18.1 Å². The summed E-state index contributed by atoms with van der Waals surface area (Å²) in [6.45, 7) is 1.54. The van der Waals surface area contributed by atoms with Crippen molar-refractivity contribution in [2.24, 2.45) is 11.5 Å². The molecular formula is C15H33N4O3+. The van der Waals surface area contributed by atoms with Gasteiger partial charge < -0.3 is 26.4 Å². The summed E-state index contributed by atoms with van der Waals surface area (Å²) in [7, 11) is 6.35. The second-order valence-electron chi connectivity index (χ2n) is 6.80. The molecular weight excluding hydrogens is 284 g/mol. The lowest BCUT2D eigenvalue weighted by Gasteiger charge is -2.24. The number of hydrogen-bond acceptors (Lipinski definition) is 4.